The van der Waals surface area contributed by atoms with Crippen LogP contribution < -0.4 is 9.47 Å². The van der Waals surface area contributed by atoms with Crippen molar-refractivity contribution in [3.8, 4) is 11.5 Å². The average Bonchev–Trinajstić information content (AvgIpc) is 3.18. The summed E-state index contributed by atoms with van der Waals surface area (Å²) in [6, 6.07) is 6.16. The highest BCUT2D eigenvalue weighted by molar-refractivity contribution is 5.76. The molecule has 0 spiro atoms. The van der Waals surface area contributed by atoms with E-state index in [4.69, 9.17) is 9.47 Å². The Hall–Kier alpha value is -1.75. The number of nitrogens with zero attached hydrogens (tertiary/aromatic N) is 2. The molecule has 28 heavy (non-hydrogen) atoms. The van der Waals surface area contributed by atoms with Gasteiger partial charge >= 0.3 is 0 Å². The molecule has 5 heteroatoms. The molecule has 2 aliphatic heterocycles. The zero-order valence-corrected chi connectivity index (χ0v) is 17.5. The maximum absolute atomic E-state index is 12.4. The lowest BCUT2D eigenvalue weighted by Crippen LogP contribution is -2.48. The van der Waals surface area contributed by atoms with E-state index < -0.39 is 0 Å². The van der Waals surface area contributed by atoms with Crippen LogP contribution >= 0.6 is 0 Å². The van der Waals surface area contributed by atoms with Gasteiger partial charge in [0.15, 0.2) is 11.5 Å². The molecule has 1 aromatic rings. The Morgan fingerprint density at radius 1 is 0.893 bits per heavy atom. The van der Waals surface area contributed by atoms with Crippen molar-refractivity contribution in [3.05, 3.63) is 23.8 Å². The zero-order valence-electron chi connectivity index (χ0n) is 17.5. The van der Waals surface area contributed by atoms with Crippen LogP contribution in [0.2, 0.25) is 0 Å². The van der Waals surface area contributed by atoms with Crippen molar-refractivity contribution < 1.29 is 14.3 Å². The minimum absolute atomic E-state index is 0.318. The van der Waals surface area contributed by atoms with E-state index >= 15 is 0 Å². The topological polar surface area (TPSA) is 42.0 Å². The summed E-state index contributed by atoms with van der Waals surface area (Å²) >= 11 is 0. The van der Waals surface area contributed by atoms with Gasteiger partial charge in [0.05, 0.1) is 0 Å². The van der Waals surface area contributed by atoms with Crippen LogP contribution in [0.25, 0.3) is 0 Å². The quantitative estimate of drug-likeness (QED) is 0.520. The van der Waals surface area contributed by atoms with Crippen LogP contribution in [0.3, 0.4) is 0 Å². The number of ether oxygens (including phenoxy) is 2. The Balaban J connectivity index is 1.28. The largest absolute Gasteiger partial charge is 0.454 e. The normalized spacial score (nSPS) is 16.5. The minimum atomic E-state index is 0.318. The van der Waals surface area contributed by atoms with Crippen LogP contribution in [-0.4, -0.2) is 48.7 Å². The van der Waals surface area contributed by atoms with Crippen molar-refractivity contribution in [2.45, 2.75) is 71.3 Å². The Kier molecular flexibility index (Phi) is 8.46. The molecule has 156 valence electrons. The Labute approximate surface area is 170 Å². The van der Waals surface area contributed by atoms with Crippen molar-refractivity contribution in [3.63, 3.8) is 0 Å². The number of amides is 1. The summed E-state index contributed by atoms with van der Waals surface area (Å²) in [5.74, 6) is 2.02. The van der Waals surface area contributed by atoms with Crippen molar-refractivity contribution in [1.29, 1.82) is 0 Å². The molecule has 1 amide bonds. The summed E-state index contributed by atoms with van der Waals surface area (Å²) in [6.07, 6.45) is 11.0. The molecule has 1 aromatic carbocycles. The smallest absolute Gasteiger partial charge is 0.231 e. The van der Waals surface area contributed by atoms with Gasteiger partial charge in [-0.05, 0) is 24.1 Å². The fourth-order valence-electron chi connectivity index (χ4n) is 4.02. The molecule has 2 heterocycles. The van der Waals surface area contributed by atoms with Gasteiger partial charge in [-0.1, -0.05) is 57.9 Å². The SMILES string of the molecule is CCCCCCCCCCC(=O)N1CCN(Cc2ccc3c(c2)OCO3)CC1. The van der Waals surface area contributed by atoms with Crippen LogP contribution in [0.4, 0.5) is 0 Å². The van der Waals surface area contributed by atoms with Crippen LogP contribution in [0.15, 0.2) is 18.2 Å². The molecule has 5 nitrogen and oxygen atoms in total. The average molecular weight is 389 g/mol. The number of fused-ring (bicyclic) bond motifs is 1. The minimum Gasteiger partial charge on any atom is -0.454 e. The van der Waals surface area contributed by atoms with Crippen LogP contribution in [-0.2, 0) is 11.3 Å². The van der Waals surface area contributed by atoms with E-state index in [0.29, 0.717) is 12.7 Å². The molecular weight excluding hydrogens is 352 g/mol. The van der Waals surface area contributed by atoms with Gasteiger partial charge in [0.1, 0.15) is 0 Å². The van der Waals surface area contributed by atoms with Gasteiger partial charge in [-0.15, -0.1) is 0 Å². The third kappa shape index (κ3) is 6.40. The van der Waals surface area contributed by atoms with Gasteiger partial charge in [0, 0.05) is 39.1 Å². The van der Waals surface area contributed by atoms with E-state index in [-0.39, 0.29) is 0 Å². The van der Waals surface area contributed by atoms with E-state index in [2.05, 4.69) is 28.9 Å². The second-order valence-corrected chi connectivity index (χ2v) is 8.07. The van der Waals surface area contributed by atoms with Crippen molar-refractivity contribution in [2.75, 3.05) is 33.0 Å². The zero-order chi connectivity index (χ0) is 19.6. The highest BCUT2D eigenvalue weighted by atomic mass is 16.7. The molecule has 0 aliphatic carbocycles. The molecule has 1 fully saturated rings. The number of rotatable bonds is 11. The first-order chi connectivity index (χ1) is 13.8. The number of piperazine rings is 1. The molecule has 0 radical (unpaired) electrons. The van der Waals surface area contributed by atoms with Gasteiger partial charge in [-0.25, -0.2) is 0 Å². The monoisotopic (exact) mass is 388 g/mol. The van der Waals surface area contributed by atoms with E-state index in [0.717, 1.165) is 57.1 Å². The predicted molar refractivity (Wildman–Crippen MR) is 112 cm³/mol. The van der Waals surface area contributed by atoms with Gasteiger partial charge in [0.2, 0.25) is 12.7 Å². The van der Waals surface area contributed by atoms with Gasteiger partial charge in [-0.3, -0.25) is 9.69 Å². The molecular formula is C23H36N2O3. The van der Waals surface area contributed by atoms with E-state index in [1.165, 1.54) is 50.5 Å². The summed E-state index contributed by atoms with van der Waals surface area (Å²) in [7, 11) is 0. The standard InChI is InChI=1S/C23H36N2O3/c1-2-3-4-5-6-7-8-9-10-23(26)25-15-13-24(14-16-25)18-20-11-12-21-22(17-20)28-19-27-21/h11-12,17H,2-10,13-16,18-19H2,1H3. The Morgan fingerprint density at radius 2 is 1.57 bits per heavy atom. The molecule has 0 aromatic heterocycles. The van der Waals surface area contributed by atoms with Gasteiger partial charge in [-0.2, -0.15) is 0 Å². The summed E-state index contributed by atoms with van der Waals surface area (Å²) in [4.78, 5) is 16.9. The first-order valence-corrected chi connectivity index (χ1v) is 11.1. The highest BCUT2D eigenvalue weighted by Crippen LogP contribution is 2.32. The lowest BCUT2D eigenvalue weighted by atomic mass is 10.1. The van der Waals surface area contributed by atoms with Gasteiger partial charge in [0.25, 0.3) is 0 Å². The molecule has 3 rings (SSSR count). The molecule has 0 atom stereocenters. The first kappa shape index (κ1) is 21.0. The van der Waals surface area contributed by atoms with E-state index in [9.17, 15) is 4.79 Å². The molecule has 0 unspecified atom stereocenters. The summed E-state index contributed by atoms with van der Waals surface area (Å²) in [5, 5.41) is 0. The lowest BCUT2D eigenvalue weighted by Gasteiger charge is -2.34. The van der Waals surface area contributed by atoms with Crippen LogP contribution in [0.5, 0.6) is 11.5 Å². The number of unbranched alkanes of at least 4 members (excludes halogenated alkanes) is 7. The fourth-order valence-corrected chi connectivity index (χ4v) is 4.02. The Bertz CT molecular complexity index is 612. The number of hydrogen-bond acceptors (Lipinski definition) is 4. The van der Waals surface area contributed by atoms with E-state index in [1.807, 2.05) is 6.07 Å². The number of hydrogen-bond donors (Lipinski definition) is 0. The molecule has 0 N–H and O–H groups in total. The number of benzene rings is 1. The maximum atomic E-state index is 12.4. The molecule has 0 bridgehead atoms. The third-order valence-electron chi connectivity index (χ3n) is 5.81. The van der Waals surface area contributed by atoms with Crippen molar-refractivity contribution >= 4 is 5.91 Å². The van der Waals surface area contributed by atoms with E-state index in [1.54, 1.807) is 0 Å². The second-order valence-electron chi connectivity index (χ2n) is 8.07. The first-order valence-electron chi connectivity index (χ1n) is 11.1. The fraction of sp³-hybridized carbons (Fsp3) is 0.696. The van der Waals surface area contributed by atoms with Crippen LogP contribution in [0, 0.1) is 0 Å². The van der Waals surface area contributed by atoms with Crippen molar-refractivity contribution in [1.82, 2.24) is 9.80 Å². The second kappa shape index (κ2) is 11.3. The third-order valence-corrected chi connectivity index (χ3v) is 5.81. The summed E-state index contributed by atoms with van der Waals surface area (Å²) < 4.78 is 10.8. The number of carbonyl (C=O) groups excluding carboxylic acids is 1. The Morgan fingerprint density at radius 3 is 2.32 bits per heavy atom. The molecule has 1 saturated heterocycles. The van der Waals surface area contributed by atoms with Crippen LogP contribution in [0.1, 0.15) is 70.3 Å². The number of carbonyl (C=O) groups is 1. The summed E-state index contributed by atoms with van der Waals surface area (Å²) in [6.45, 7) is 7.05. The lowest BCUT2D eigenvalue weighted by molar-refractivity contribution is -0.133. The molecule has 0 saturated carbocycles. The summed E-state index contributed by atoms with van der Waals surface area (Å²) in [5.41, 5.74) is 1.24. The van der Waals surface area contributed by atoms with Crippen molar-refractivity contribution in [2.24, 2.45) is 0 Å². The predicted octanol–water partition coefficient (Wildman–Crippen LogP) is 4.59. The highest BCUT2D eigenvalue weighted by Gasteiger charge is 2.21. The van der Waals surface area contributed by atoms with Gasteiger partial charge < -0.3 is 14.4 Å². The molecule has 2 aliphatic rings. The maximum Gasteiger partial charge on any atom is 0.231 e.